The number of anilines is 1. The summed E-state index contributed by atoms with van der Waals surface area (Å²) in [5.74, 6) is -1.74. The Kier molecular flexibility index (Phi) is 32.6. The van der Waals surface area contributed by atoms with Crippen molar-refractivity contribution in [3.63, 3.8) is 0 Å². The number of amides is 2. The third-order valence-electron chi connectivity index (χ3n) is 13.6. The van der Waals surface area contributed by atoms with Crippen molar-refractivity contribution in [3.8, 4) is 11.3 Å². The van der Waals surface area contributed by atoms with Gasteiger partial charge in [0.05, 0.1) is 127 Å². The normalized spacial score (nSPS) is 16.1. The van der Waals surface area contributed by atoms with E-state index in [0.29, 0.717) is 166 Å². The molecule has 24 nitrogen and oxygen atoms in total. The van der Waals surface area contributed by atoms with Crippen molar-refractivity contribution in [2.75, 3.05) is 163 Å². The topological polar surface area (TPSA) is 290 Å². The molecule has 85 heavy (non-hydrogen) atoms. The number of methoxy groups -OCH3 is 2. The second-order valence-electron chi connectivity index (χ2n) is 20.9. The third-order valence-corrected chi connectivity index (χ3v) is 15.2. The fourth-order valence-electron chi connectivity index (χ4n) is 9.34. The van der Waals surface area contributed by atoms with E-state index in [-0.39, 0.29) is 80.0 Å². The first-order valence-electron chi connectivity index (χ1n) is 28.2. The van der Waals surface area contributed by atoms with Crippen LogP contribution in [0.4, 0.5) is 5.69 Å². The number of hydroxylamine groups is 2. The molecule has 1 atom stereocenters. The van der Waals surface area contributed by atoms with Crippen LogP contribution in [0.5, 0.6) is 0 Å². The van der Waals surface area contributed by atoms with Crippen LogP contribution in [0.15, 0.2) is 69.6 Å². The zero-order chi connectivity index (χ0) is 61.0. The third kappa shape index (κ3) is 25.2. The largest absolute Gasteiger partial charge is 1.00 e. The number of nitrogens with zero attached hydrogens (tertiary/aromatic N) is 3. The van der Waals surface area contributed by atoms with Gasteiger partial charge in [0.2, 0.25) is 5.36 Å². The molecule has 5 rings (SSSR count). The Hall–Kier alpha value is -4.04. The van der Waals surface area contributed by atoms with Crippen LogP contribution in [0.3, 0.4) is 0 Å². The molecule has 3 aliphatic heterocycles. The molecule has 1 fully saturated rings. The van der Waals surface area contributed by atoms with E-state index >= 15 is 0 Å². The number of hydrogen-bond acceptors (Lipinski definition) is 22. The van der Waals surface area contributed by atoms with Gasteiger partial charge in [0.25, 0.3) is 11.8 Å². The zero-order valence-corrected chi connectivity index (χ0v) is 53.9. The molecule has 470 valence electrons. The van der Waals surface area contributed by atoms with Crippen LogP contribution in [0.1, 0.15) is 83.1 Å². The van der Waals surface area contributed by atoms with E-state index in [4.69, 9.17) is 56.6 Å². The number of fused-ring (bicyclic) bond motifs is 2. The summed E-state index contributed by atoms with van der Waals surface area (Å²) in [7, 11) is -6.33. The predicted octanol–water partition coefficient (Wildman–Crippen LogP) is 1.18. The van der Waals surface area contributed by atoms with Gasteiger partial charge < -0.3 is 70.6 Å². The van der Waals surface area contributed by atoms with Crippen molar-refractivity contribution in [2.45, 2.75) is 81.9 Å². The molecular weight excluding hydrogens is 1160 g/mol. The van der Waals surface area contributed by atoms with E-state index < -0.39 is 54.1 Å². The maximum atomic E-state index is 13.0. The van der Waals surface area contributed by atoms with Gasteiger partial charge in [-0.05, 0) is 85.2 Å². The van der Waals surface area contributed by atoms with Crippen LogP contribution in [-0.4, -0.2) is 207 Å². The van der Waals surface area contributed by atoms with E-state index in [1.165, 1.54) is 12.1 Å². The van der Waals surface area contributed by atoms with Gasteiger partial charge in [0, 0.05) is 74.2 Å². The Bertz CT molecular complexity index is 2840. The quantitative estimate of drug-likeness (QED) is 0.0253. The first-order valence-corrected chi connectivity index (χ1v) is 31.2. The van der Waals surface area contributed by atoms with Gasteiger partial charge in [-0.15, -0.1) is 5.06 Å². The Labute approximate surface area is 522 Å². The summed E-state index contributed by atoms with van der Waals surface area (Å²) < 4.78 is 137. The van der Waals surface area contributed by atoms with Crippen molar-refractivity contribution in [1.82, 2.24) is 9.64 Å². The van der Waals surface area contributed by atoms with E-state index in [1.807, 2.05) is 24.3 Å². The number of carbonyl (C=O) groups excluding carboxylic acids is 3. The monoisotopic (exact) mass is 1250 g/mol. The van der Waals surface area contributed by atoms with Crippen molar-refractivity contribution in [2.24, 2.45) is 0 Å². The molecule has 2 amide bonds. The molecule has 0 saturated carbocycles. The minimum absolute atomic E-state index is 0. The van der Waals surface area contributed by atoms with Crippen molar-refractivity contribution in [3.05, 3.63) is 82.6 Å². The van der Waals surface area contributed by atoms with Crippen LogP contribution >= 0.6 is 0 Å². The molecule has 1 unspecified atom stereocenters. The average Bonchev–Trinajstić information content (AvgIpc) is 3.67. The summed E-state index contributed by atoms with van der Waals surface area (Å²) >= 11 is 0. The van der Waals surface area contributed by atoms with Gasteiger partial charge in [0.15, 0.2) is 13.1 Å². The summed E-state index contributed by atoms with van der Waals surface area (Å²) in [6.07, 6.45) is 4.98. The fraction of sp³-hybridized carbons (Fsp3) is 0.621. The Morgan fingerprint density at radius 1 is 0.694 bits per heavy atom. The minimum atomic E-state index is -4.95. The van der Waals surface area contributed by atoms with Crippen molar-refractivity contribution >= 4 is 49.8 Å². The number of rotatable bonds is 42. The number of hydrogen-bond donors (Lipinski definition) is 0. The SMILES string of the molecule is COCCOCCOCCOCCOCC[N+](CCOCCOCCOCCOCCOC)=c1ccc2c(C(C)(C)C)cc(/C=C/C=C3/N(CCCS(=O)(=O)[O-])c4ccc(S(=O)(=O)[O-])cc4C3(C)CCCC(=O)ON3C(=O)CCC3=O)oc-2c1.[Na+]. The zero-order valence-electron chi connectivity index (χ0n) is 50.3. The Balaban J connectivity index is 0.0000155. The minimum Gasteiger partial charge on any atom is -0.748 e. The van der Waals surface area contributed by atoms with Gasteiger partial charge in [0.1, 0.15) is 34.9 Å². The molecule has 0 spiro atoms. The summed E-state index contributed by atoms with van der Waals surface area (Å²) in [5, 5.41) is 1.30. The standard InChI is InChI=1S/C58H85N3O21S2.Na/c1-57(2,3)49-43-46(10-7-11-53-58(4,19-8-12-56(64)82-61-54(62)17-18-55(61)63)50-44-47(84(68,69)70)14-16-51(50)60(53)20-9-41-83(65,66)67)81-52-42-45(13-15-48(49)52)59(21-23-73-29-31-77-37-39-79-35-33-75-27-25-71-5)22-24-74-30-32-78-38-40-80-36-34-76-28-26-72-6;/h7,10-11,13-16,42-44H,8-9,12,17-41H2,1-6H3,(H-,65,66,67,68,69,70);/q;+1/p-1. The van der Waals surface area contributed by atoms with Crippen LogP contribution in [0, 0.1) is 0 Å². The molecule has 0 radical (unpaired) electrons. The van der Waals surface area contributed by atoms with Gasteiger partial charge in [-0.1, -0.05) is 26.8 Å². The number of ether oxygens (including phenoxy) is 10. The number of allylic oxidation sites excluding steroid dienone is 3. The average molecular weight is 1250 g/mol. The first-order chi connectivity index (χ1) is 40.2. The Morgan fingerprint density at radius 3 is 1.68 bits per heavy atom. The smallest absolute Gasteiger partial charge is 0.748 e. The molecule has 0 N–H and O–H groups in total. The molecule has 1 aromatic carbocycles. The molecule has 3 heterocycles. The van der Waals surface area contributed by atoms with Gasteiger partial charge in [-0.3, -0.25) is 9.59 Å². The first kappa shape index (κ1) is 73.4. The summed E-state index contributed by atoms with van der Waals surface area (Å²) in [5.41, 5.74) is 1.75. The molecule has 0 aromatic heterocycles. The van der Waals surface area contributed by atoms with Crippen LogP contribution in [0.2, 0.25) is 0 Å². The predicted molar refractivity (Wildman–Crippen MR) is 306 cm³/mol. The van der Waals surface area contributed by atoms with Gasteiger partial charge in [-0.2, -0.15) is 0 Å². The number of imide groups is 1. The number of carbonyl (C=O) groups is 3. The number of benzene rings is 2. The Morgan fingerprint density at radius 2 is 1.20 bits per heavy atom. The summed E-state index contributed by atoms with van der Waals surface area (Å²) in [6.45, 7) is 17.0. The molecule has 27 heteroatoms. The fourth-order valence-corrected chi connectivity index (χ4v) is 10.3. The molecule has 1 aliphatic carbocycles. The maximum absolute atomic E-state index is 13.0. The van der Waals surface area contributed by atoms with E-state index in [2.05, 4.69) is 25.3 Å². The van der Waals surface area contributed by atoms with E-state index in [9.17, 15) is 40.3 Å². The maximum Gasteiger partial charge on any atom is 1.00 e. The van der Waals surface area contributed by atoms with Crippen molar-refractivity contribution < 1.29 is 127 Å². The molecule has 1 aromatic rings. The molecule has 0 bridgehead atoms. The van der Waals surface area contributed by atoms with Gasteiger partial charge >= 0.3 is 35.5 Å². The molecule has 1 saturated heterocycles. The summed E-state index contributed by atoms with van der Waals surface area (Å²) in [6, 6.07) is 11.9. The summed E-state index contributed by atoms with van der Waals surface area (Å²) in [4.78, 5) is 43.7. The molecule has 4 aliphatic rings. The van der Waals surface area contributed by atoms with Crippen LogP contribution in [0.25, 0.3) is 17.4 Å². The van der Waals surface area contributed by atoms with E-state index in [1.54, 1.807) is 44.3 Å². The second-order valence-corrected chi connectivity index (χ2v) is 23.8. The van der Waals surface area contributed by atoms with Crippen molar-refractivity contribution in [1.29, 1.82) is 0 Å². The van der Waals surface area contributed by atoms with E-state index in [0.717, 1.165) is 22.6 Å². The van der Waals surface area contributed by atoms with Crippen LogP contribution < -0.4 is 44.4 Å². The molecular formula is C58H84N3NaO21S2. The van der Waals surface area contributed by atoms with Gasteiger partial charge in [-0.25, -0.2) is 26.2 Å². The second kappa shape index (κ2) is 37.7. The van der Waals surface area contributed by atoms with Crippen LogP contribution in [-0.2, 0) is 97.7 Å².